The molecule has 5 heteroatoms. The number of rotatable bonds is 2. The molecular formula is C30H18N2O2S. The first-order chi connectivity index (χ1) is 17.2. The number of hydrogen-bond acceptors (Lipinski definition) is 4. The quantitative estimate of drug-likeness (QED) is 0.245. The highest BCUT2D eigenvalue weighted by molar-refractivity contribution is 7.99. The van der Waals surface area contributed by atoms with Gasteiger partial charge in [-0.1, -0.05) is 72.4 Å². The number of nitrogens with zero attached hydrogens (tertiary/aromatic N) is 2. The lowest BCUT2D eigenvalue weighted by molar-refractivity contribution is 0.0926. The molecule has 0 atom stereocenters. The Kier molecular flexibility index (Phi) is 4.35. The van der Waals surface area contributed by atoms with Crippen LogP contribution in [0.5, 0.6) is 0 Å². The zero-order valence-electron chi connectivity index (χ0n) is 18.5. The monoisotopic (exact) mass is 470 g/mol. The van der Waals surface area contributed by atoms with Gasteiger partial charge in [-0.3, -0.25) is 9.59 Å². The van der Waals surface area contributed by atoms with Gasteiger partial charge in [0.2, 0.25) is 0 Å². The number of carbonyl (C=O) groups is 2. The fourth-order valence-electron chi connectivity index (χ4n) is 5.04. The Morgan fingerprint density at radius 1 is 0.429 bits per heavy atom. The van der Waals surface area contributed by atoms with Crippen molar-refractivity contribution in [3.05, 3.63) is 120 Å². The molecule has 166 valence electrons. The van der Waals surface area contributed by atoms with Gasteiger partial charge in [-0.25, -0.2) is 4.90 Å². The summed E-state index contributed by atoms with van der Waals surface area (Å²) in [7, 11) is 0. The summed E-state index contributed by atoms with van der Waals surface area (Å²) in [6.45, 7) is 0. The van der Waals surface area contributed by atoms with Gasteiger partial charge in [0.25, 0.3) is 11.8 Å². The summed E-state index contributed by atoms with van der Waals surface area (Å²) >= 11 is 1.76. The molecule has 0 spiro atoms. The van der Waals surface area contributed by atoms with Crippen LogP contribution in [0.3, 0.4) is 0 Å². The SMILES string of the molecule is O=C1c2ccccc2C(=O)N1c1cccc2c(N3c4ccccc4Sc4ccccc43)cccc12. The van der Waals surface area contributed by atoms with Crippen molar-refractivity contribution in [2.45, 2.75) is 9.79 Å². The van der Waals surface area contributed by atoms with E-state index >= 15 is 0 Å². The van der Waals surface area contributed by atoms with E-state index in [0.717, 1.165) is 27.8 Å². The Hall–Kier alpha value is -4.35. The molecule has 0 aromatic heterocycles. The van der Waals surface area contributed by atoms with E-state index in [1.54, 1.807) is 36.0 Å². The minimum absolute atomic E-state index is 0.284. The van der Waals surface area contributed by atoms with Crippen molar-refractivity contribution in [3.63, 3.8) is 0 Å². The van der Waals surface area contributed by atoms with Crippen molar-refractivity contribution >= 4 is 57.1 Å². The smallest absolute Gasteiger partial charge is 0.266 e. The van der Waals surface area contributed by atoms with Crippen LogP contribution in [0.2, 0.25) is 0 Å². The maximum atomic E-state index is 13.3. The summed E-state index contributed by atoms with van der Waals surface area (Å²) in [6.07, 6.45) is 0. The van der Waals surface area contributed by atoms with E-state index in [4.69, 9.17) is 0 Å². The van der Waals surface area contributed by atoms with Crippen LogP contribution in [0.1, 0.15) is 20.7 Å². The molecule has 0 radical (unpaired) electrons. The van der Waals surface area contributed by atoms with E-state index in [0.29, 0.717) is 16.8 Å². The molecule has 0 saturated heterocycles. The average molecular weight is 471 g/mol. The summed E-state index contributed by atoms with van der Waals surface area (Å²) < 4.78 is 0. The zero-order valence-corrected chi connectivity index (χ0v) is 19.3. The normalized spacial score (nSPS) is 14.2. The third-order valence-electron chi connectivity index (χ3n) is 6.58. The molecule has 0 saturated carbocycles. The third-order valence-corrected chi connectivity index (χ3v) is 7.71. The topological polar surface area (TPSA) is 40.6 Å². The second kappa shape index (κ2) is 7.58. The number of carbonyl (C=O) groups excluding carboxylic acids is 2. The lowest BCUT2D eigenvalue weighted by Crippen LogP contribution is -2.29. The molecule has 7 rings (SSSR count). The maximum absolute atomic E-state index is 13.3. The van der Waals surface area contributed by atoms with E-state index < -0.39 is 0 Å². The van der Waals surface area contributed by atoms with Gasteiger partial charge in [-0.2, -0.15) is 0 Å². The van der Waals surface area contributed by atoms with Crippen molar-refractivity contribution in [3.8, 4) is 0 Å². The minimum atomic E-state index is -0.284. The number of fused-ring (bicyclic) bond motifs is 4. The van der Waals surface area contributed by atoms with Crippen LogP contribution in [0, 0.1) is 0 Å². The van der Waals surface area contributed by atoms with E-state index in [1.165, 1.54) is 14.7 Å². The van der Waals surface area contributed by atoms with Gasteiger partial charge in [0.1, 0.15) is 0 Å². The van der Waals surface area contributed by atoms with Gasteiger partial charge in [0.05, 0.1) is 33.9 Å². The van der Waals surface area contributed by atoms with Crippen LogP contribution in [-0.4, -0.2) is 11.8 Å². The molecule has 0 aliphatic carbocycles. The summed E-state index contributed by atoms with van der Waals surface area (Å²) in [6, 6.07) is 35.6. The largest absolute Gasteiger partial charge is 0.308 e. The molecule has 2 amide bonds. The number of para-hydroxylation sites is 2. The molecule has 0 unspecified atom stereocenters. The lowest BCUT2D eigenvalue weighted by atomic mass is 10.0. The van der Waals surface area contributed by atoms with Crippen molar-refractivity contribution in [1.82, 2.24) is 0 Å². The molecule has 0 bridgehead atoms. The van der Waals surface area contributed by atoms with Gasteiger partial charge in [-0.05, 0) is 48.5 Å². The highest BCUT2D eigenvalue weighted by Crippen LogP contribution is 2.52. The van der Waals surface area contributed by atoms with E-state index in [-0.39, 0.29) is 11.8 Å². The predicted octanol–water partition coefficient (Wildman–Crippen LogP) is 7.57. The predicted molar refractivity (Wildman–Crippen MR) is 140 cm³/mol. The van der Waals surface area contributed by atoms with Crippen LogP contribution >= 0.6 is 11.8 Å². The molecule has 0 fully saturated rings. The van der Waals surface area contributed by atoms with Gasteiger partial charge in [0.15, 0.2) is 0 Å². The third kappa shape index (κ3) is 2.88. The number of imide groups is 1. The molecule has 2 heterocycles. The number of amides is 2. The molecule has 0 N–H and O–H groups in total. The number of benzene rings is 5. The summed E-state index contributed by atoms with van der Waals surface area (Å²) in [5, 5.41) is 1.82. The molecule has 35 heavy (non-hydrogen) atoms. The van der Waals surface area contributed by atoms with Crippen molar-refractivity contribution in [2.75, 3.05) is 9.80 Å². The number of anilines is 4. The molecule has 5 aromatic carbocycles. The van der Waals surface area contributed by atoms with Gasteiger partial charge in [-0.15, -0.1) is 0 Å². The minimum Gasteiger partial charge on any atom is -0.308 e. The summed E-state index contributed by atoms with van der Waals surface area (Å²) in [5.41, 5.74) is 4.71. The highest BCUT2D eigenvalue weighted by atomic mass is 32.2. The number of hydrogen-bond donors (Lipinski definition) is 0. The van der Waals surface area contributed by atoms with Gasteiger partial charge in [0, 0.05) is 20.6 Å². The van der Waals surface area contributed by atoms with Gasteiger partial charge >= 0.3 is 0 Å². The van der Waals surface area contributed by atoms with Gasteiger partial charge < -0.3 is 4.90 Å². The zero-order chi connectivity index (χ0) is 23.5. The first kappa shape index (κ1) is 20.1. The van der Waals surface area contributed by atoms with Crippen LogP contribution < -0.4 is 9.80 Å². The van der Waals surface area contributed by atoms with Crippen LogP contribution in [-0.2, 0) is 0 Å². The Morgan fingerprint density at radius 2 is 0.857 bits per heavy atom. The first-order valence-corrected chi connectivity index (χ1v) is 12.2. The molecule has 5 aromatic rings. The molecular weight excluding hydrogens is 452 g/mol. The van der Waals surface area contributed by atoms with Crippen molar-refractivity contribution < 1.29 is 9.59 Å². The Bertz CT molecular complexity index is 1610. The average Bonchev–Trinajstić information content (AvgIpc) is 3.16. The standard InChI is InChI=1S/C30H18N2O2S/c33-29-21-9-1-2-10-22(21)30(34)32(29)24-16-8-11-19-20(24)12-7-15-23(19)31-25-13-3-5-17-27(25)35-28-18-6-4-14-26(28)31/h1-18H. The molecule has 2 aliphatic heterocycles. The second-order valence-electron chi connectivity index (χ2n) is 8.51. The van der Waals surface area contributed by atoms with E-state index in [9.17, 15) is 9.59 Å². The lowest BCUT2D eigenvalue weighted by Gasteiger charge is -2.33. The maximum Gasteiger partial charge on any atom is 0.266 e. The fraction of sp³-hybridized carbons (Fsp3) is 0. The molecule has 4 nitrogen and oxygen atoms in total. The summed E-state index contributed by atoms with van der Waals surface area (Å²) in [4.78, 5) is 32.5. The summed E-state index contributed by atoms with van der Waals surface area (Å²) in [5.74, 6) is -0.567. The first-order valence-electron chi connectivity index (χ1n) is 11.4. The Balaban J connectivity index is 1.45. The fourth-order valence-corrected chi connectivity index (χ4v) is 6.10. The van der Waals surface area contributed by atoms with Crippen molar-refractivity contribution in [1.29, 1.82) is 0 Å². The van der Waals surface area contributed by atoms with E-state index in [1.807, 2.05) is 24.3 Å². The Labute approximate surface area is 206 Å². The van der Waals surface area contributed by atoms with E-state index in [2.05, 4.69) is 65.6 Å². The molecule has 2 aliphatic rings. The van der Waals surface area contributed by atoms with Crippen LogP contribution in [0.25, 0.3) is 10.8 Å². The van der Waals surface area contributed by atoms with Crippen molar-refractivity contribution in [2.24, 2.45) is 0 Å². The van der Waals surface area contributed by atoms with Crippen LogP contribution in [0.4, 0.5) is 22.7 Å². The highest BCUT2D eigenvalue weighted by Gasteiger charge is 2.37. The second-order valence-corrected chi connectivity index (χ2v) is 9.60. The Morgan fingerprint density at radius 3 is 1.40 bits per heavy atom. The van der Waals surface area contributed by atoms with Crippen LogP contribution in [0.15, 0.2) is 119 Å².